The molecule has 1 saturated heterocycles. The Morgan fingerprint density at radius 2 is 1.67 bits per heavy atom. The lowest BCUT2D eigenvalue weighted by molar-refractivity contribution is -0.131. The number of nitrogens with zero attached hydrogens (tertiary/aromatic N) is 1. The number of likely N-dealkylation sites (N-methyl/N-ethyl adjacent to an activating group) is 1. The van der Waals surface area contributed by atoms with Crippen molar-refractivity contribution in [3.63, 3.8) is 0 Å². The fraction of sp³-hybridized carbons (Fsp3) is 0.167. The van der Waals surface area contributed by atoms with Gasteiger partial charge >= 0.3 is 6.09 Å². The van der Waals surface area contributed by atoms with Crippen molar-refractivity contribution >= 4 is 17.8 Å². The number of carbonyl (C=O) groups is 3. The molecule has 2 aromatic carbocycles. The van der Waals surface area contributed by atoms with E-state index in [9.17, 15) is 14.4 Å². The summed E-state index contributed by atoms with van der Waals surface area (Å²) in [4.78, 5) is 36.8. The first-order valence-corrected chi connectivity index (χ1v) is 7.48. The van der Waals surface area contributed by atoms with Crippen molar-refractivity contribution < 1.29 is 19.1 Å². The predicted octanol–water partition coefficient (Wildman–Crippen LogP) is 1.85. The summed E-state index contributed by atoms with van der Waals surface area (Å²) in [6, 6.07) is 14.8. The molecule has 6 nitrogen and oxygen atoms in total. The van der Waals surface area contributed by atoms with Crippen molar-refractivity contribution in [1.82, 2.24) is 10.2 Å². The molecule has 1 fully saturated rings. The third-order valence-corrected chi connectivity index (χ3v) is 3.89. The van der Waals surface area contributed by atoms with E-state index >= 15 is 0 Å². The first kappa shape index (κ1) is 15.7. The van der Waals surface area contributed by atoms with Crippen LogP contribution in [0.15, 0.2) is 54.6 Å². The smallest absolute Gasteiger partial charge is 0.410 e. The fourth-order valence-corrected chi connectivity index (χ4v) is 2.32. The second-order valence-electron chi connectivity index (χ2n) is 5.46. The number of carbonyl (C=O) groups excluding carboxylic acids is 3. The van der Waals surface area contributed by atoms with E-state index in [1.54, 1.807) is 48.5 Å². The predicted molar refractivity (Wildman–Crippen MR) is 86.9 cm³/mol. The van der Waals surface area contributed by atoms with Crippen LogP contribution in [0, 0.1) is 0 Å². The van der Waals surface area contributed by atoms with E-state index in [-0.39, 0.29) is 11.7 Å². The minimum Gasteiger partial charge on any atom is -0.410 e. The van der Waals surface area contributed by atoms with Gasteiger partial charge in [0.25, 0.3) is 0 Å². The standard InChI is InChI=1S/C18H16N2O4/c1-20(15-11-19-17(15)22)18(23)24-14-9-7-13(8-10-14)16(21)12-5-3-2-4-6-12/h2-10,15H,11H2,1H3,(H,19,22)/t15-/m0/s1. The topological polar surface area (TPSA) is 75.7 Å². The van der Waals surface area contributed by atoms with Gasteiger partial charge in [0.15, 0.2) is 5.78 Å². The Labute approximate surface area is 139 Å². The van der Waals surface area contributed by atoms with Crippen LogP contribution >= 0.6 is 0 Å². The maximum atomic E-state index is 12.3. The highest BCUT2D eigenvalue weighted by atomic mass is 16.6. The summed E-state index contributed by atoms with van der Waals surface area (Å²) in [5, 5.41) is 2.57. The lowest BCUT2D eigenvalue weighted by Crippen LogP contribution is -2.62. The minimum atomic E-state index is -0.614. The zero-order chi connectivity index (χ0) is 17.1. The molecule has 0 saturated carbocycles. The summed E-state index contributed by atoms with van der Waals surface area (Å²) in [5.41, 5.74) is 1.10. The van der Waals surface area contributed by atoms with Gasteiger partial charge in [0.05, 0.1) is 0 Å². The van der Waals surface area contributed by atoms with Gasteiger partial charge in [-0.05, 0) is 24.3 Å². The Balaban J connectivity index is 1.65. The van der Waals surface area contributed by atoms with Crippen LogP contribution in [0.1, 0.15) is 15.9 Å². The van der Waals surface area contributed by atoms with E-state index < -0.39 is 12.1 Å². The van der Waals surface area contributed by atoms with Crippen molar-refractivity contribution in [2.24, 2.45) is 0 Å². The molecule has 0 spiro atoms. The number of rotatable bonds is 4. The van der Waals surface area contributed by atoms with Crippen LogP contribution < -0.4 is 10.1 Å². The van der Waals surface area contributed by atoms with Gasteiger partial charge in [0, 0.05) is 24.7 Å². The molecule has 1 heterocycles. The second kappa shape index (κ2) is 6.54. The maximum absolute atomic E-state index is 12.3. The minimum absolute atomic E-state index is 0.100. The lowest BCUT2D eigenvalue weighted by Gasteiger charge is -2.33. The van der Waals surface area contributed by atoms with Crippen LogP contribution in [0.5, 0.6) is 5.75 Å². The second-order valence-corrected chi connectivity index (χ2v) is 5.46. The van der Waals surface area contributed by atoms with Gasteiger partial charge in [-0.15, -0.1) is 0 Å². The van der Waals surface area contributed by atoms with Crippen molar-refractivity contribution in [2.75, 3.05) is 13.6 Å². The molecule has 3 rings (SSSR count). The Morgan fingerprint density at radius 3 is 2.21 bits per heavy atom. The summed E-state index contributed by atoms with van der Waals surface area (Å²) in [6.45, 7) is 0.426. The number of hydrogen-bond donors (Lipinski definition) is 1. The average Bonchev–Trinajstić information content (AvgIpc) is 2.61. The van der Waals surface area contributed by atoms with E-state index in [1.807, 2.05) is 6.07 Å². The third-order valence-electron chi connectivity index (χ3n) is 3.89. The number of amides is 2. The highest BCUT2D eigenvalue weighted by molar-refractivity contribution is 6.09. The van der Waals surface area contributed by atoms with Gasteiger partial charge in [-0.3, -0.25) is 14.5 Å². The van der Waals surface area contributed by atoms with Crippen LogP contribution in [0.2, 0.25) is 0 Å². The van der Waals surface area contributed by atoms with Gasteiger partial charge < -0.3 is 10.1 Å². The molecule has 24 heavy (non-hydrogen) atoms. The van der Waals surface area contributed by atoms with Crippen LogP contribution in [0.4, 0.5) is 4.79 Å². The molecule has 0 bridgehead atoms. The molecule has 1 atom stereocenters. The zero-order valence-corrected chi connectivity index (χ0v) is 13.1. The van der Waals surface area contributed by atoms with E-state index in [0.29, 0.717) is 23.4 Å². The maximum Gasteiger partial charge on any atom is 0.415 e. The molecule has 6 heteroatoms. The molecule has 1 aliphatic rings. The molecular weight excluding hydrogens is 308 g/mol. The van der Waals surface area contributed by atoms with Crippen LogP contribution in [0.25, 0.3) is 0 Å². The van der Waals surface area contributed by atoms with Gasteiger partial charge in [-0.25, -0.2) is 4.79 Å². The van der Waals surface area contributed by atoms with Crippen LogP contribution in [0.3, 0.4) is 0 Å². The summed E-state index contributed by atoms with van der Waals surface area (Å²) in [5.74, 6) is 0.0196. The molecule has 122 valence electrons. The molecule has 2 aromatic rings. The lowest BCUT2D eigenvalue weighted by atomic mass is 10.0. The number of nitrogens with one attached hydrogen (secondary N) is 1. The van der Waals surface area contributed by atoms with Gasteiger partial charge in [-0.1, -0.05) is 30.3 Å². The van der Waals surface area contributed by atoms with Crippen molar-refractivity contribution in [2.45, 2.75) is 6.04 Å². The van der Waals surface area contributed by atoms with Crippen LogP contribution in [-0.4, -0.2) is 42.3 Å². The Morgan fingerprint density at radius 1 is 1.04 bits per heavy atom. The average molecular weight is 324 g/mol. The number of ether oxygens (including phenoxy) is 1. The summed E-state index contributed by atoms with van der Waals surface area (Å²) in [6.07, 6.45) is -0.614. The monoisotopic (exact) mass is 324 g/mol. The van der Waals surface area contributed by atoms with Crippen molar-refractivity contribution in [1.29, 1.82) is 0 Å². The fourth-order valence-electron chi connectivity index (χ4n) is 2.32. The van der Waals surface area contributed by atoms with E-state index in [4.69, 9.17) is 4.74 Å². The molecular formula is C18H16N2O4. The first-order chi connectivity index (χ1) is 11.6. The number of hydrogen-bond acceptors (Lipinski definition) is 4. The zero-order valence-electron chi connectivity index (χ0n) is 13.1. The Hall–Kier alpha value is -3.15. The molecule has 0 radical (unpaired) electrons. The van der Waals surface area contributed by atoms with E-state index in [2.05, 4.69) is 5.32 Å². The van der Waals surface area contributed by atoms with Gasteiger partial charge in [0.2, 0.25) is 5.91 Å². The third kappa shape index (κ3) is 3.12. The normalized spacial score (nSPS) is 15.9. The largest absolute Gasteiger partial charge is 0.415 e. The Kier molecular flexibility index (Phi) is 4.29. The Bertz CT molecular complexity index is 771. The molecule has 0 unspecified atom stereocenters. The molecule has 1 aliphatic heterocycles. The molecule has 2 amide bonds. The quantitative estimate of drug-likeness (QED) is 0.688. The van der Waals surface area contributed by atoms with Crippen LogP contribution in [-0.2, 0) is 4.79 Å². The highest BCUT2D eigenvalue weighted by Gasteiger charge is 2.35. The van der Waals surface area contributed by atoms with Gasteiger partial charge in [-0.2, -0.15) is 0 Å². The highest BCUT2D eigenvalue weighted by Crippen LogP contribution is 2.17. The van der Waals surface area contributed by atoms with E-state index in [1.165, 1.54) is 11.9 Å². The van der Waals surface area contributed by atoms with E-state index in [0.717, 1.165) is 0 Å². The summed E-state index contributed by atoms with van der Waals surface area (Å²) < 4.78 is 5.22. The SMILES string of the molecule is CN(C(=O)Oc1ccc(C(=O)c2ccccc2)cc1)[C@H]1CNC1=O. The molecule has 0 aromatic heterocycles. The number of ketones is 1. The van der Waals surface area contributed by atoms with Gasteiger partial charge in [0.1, 0.15) is 11.8 Å². The molecule has 1 N–H and O–H groups in total. The number of benzene rings is 2. The van der Waals surface area contributed by atoms with Crippen molar-refractivity contribution in [3.8, 4) is 5.75 Å². The first-order valence-electron chi connectivity index (χ1n) is 7.48. The number of β-lactam (4-membered cyclic amide) rings is 1. The molecule has 0 aliphatic carbocycles. The van der Waals surface area contributed by atoms with Crippen molar-refractivity contribution in [3.05, 3.63) is 65.7 Å². The summed E-state index contributed by atoms with van der Waals surface area (Å²) >= 11 is 0. The summed E-state index contributed by atoms with van der Waals surface area (Å²) in [7, 11) is 1.51.